The molecule has 146 valence electrons. The molecule has 7 nitrogen and oxygen atoms in total. The van der Waals surface area contributed by atoms with E-state index in [1.54, 1.807) is 0 Å². The van der Waals surface area contributed by atoms with Crippen LogP contribution in [0.2, 0.25) is 0 Å². The maximum absolute atomic E-state index is 11.9. The highest BCUT2D eigenvalue weighted by atomic mass is 16.5. The van der Waals surface area contributed by atoms with Crippen molar-refractivity contribution in [2.45, 2.75) is 19.4 Å². The van der Waals surface area contributed by atoms with Crippen LogP contribution in [0.3, 0.4) is 0 Å². The molecule has 0 spiro atoms. The van der Waals surface area contributed by atoms with Crippen LogP contribution in [0.1, 0.15) is 17.8 Å². The standard InChI is InChI=1S/C20H29N5O2/c26-20(22-8-4-11-24-13-15-27-16-14-24)23-9-7-19-21-10-12-25(19)17-18-5-2-1-3-6-18/h1-3,5-6,10,12H,4,7-9,11,13-17H2,(H2,22,23,26). The summed E-state index contributed by atoms with van der Waals surface area (Å²) in [4.78, 5) is 18.7. The minimum absolute atomic E-state index is 0.113. The number of nitrogens with one attached hydrogen (secondary N) is 2. The molecule has 1 aromatic carbocycles. The lowest BCUT2D eigenvalue weighted by atomic mass is 10.2. The molecule has 0 saturated carbocycles. The van der Waals surface area contributed by atoms with Gasteiger partial charge in [0.15, 0.2) is 0 Å². The summed E-state index contributed by atoms with van der Waals surface area (Å²) in [6.07, 6.45) is 5.45. The zero-order chi connectivity index (χ0) is 18.7. The van der Waals surface area contributed by atoms with Gasteiger partial charge < -0.3 is 19.9 Å². The van der Waals surface area contributed by atoms with Gasteiger partial charge in [0.25, 0.3) is 0 Å². The molecular formula is C20H29N5O2. The minimum Gasteiger partial charge on any atom is -0.379 e. The monoisotopic (exact) mass is 371 g/mol. The second kappa shape index (κ2) is 10.7. The summed E-state index contributed by atoms with van der Waals surface area (Å²) < 4.78 is 7.45. The Balaban J connectivity index is 1.30. The Bertz CT molecular complexity index is 683. The molecule has 0 radical (unpaired) electrons. The van der Waals surface area contributed by atoms with Crippen molar-refractivity contribution in [2.24, 2.45) is 0 Å². The normalized spacial score (nSPS) is 14.8. The summed E-state index contributed by atoms with van der Waals surface area (Å²) in [5.41, 5.74) is 1.24. The minimum atomic E-state index is -0.113. The van der Waals surface area contributed by atoms with Crippen molar-refractivity contribution in [3.8, 4) is 0 Å². The Kier molecular flexibility index (Phi) is 7.68. The molecule has 2 amide bonds. The maximum atomic E-state index is 11.9. The second-order valence-corrected chi connectivity index (χ2v) is 6.70. The van der Waals surface area contributed by atoms with Gasteiger partial charge in [-0.05, 0) is 18.5 Å². The maximum Gasteiger partial charge on any atom is 0.314 e. The molecule has 1 aliphatic heterocycles. The Morgan fingerprint density at radius 1 is 1.11 bits per heavy atom. The fraction of sp³-hybridized carbons (Fsp3) is 0.500. The molecule has 0 bridgehead atoms. The lowest BCUT2D eigenvalue weighted by Gasteiger charge is -2.26. The highest BCUT2D eigenvalue weighted by molar-refractivity contribution is 5.73. The number of ether oxygens (including phenoxy) is 1. The second-order valence-electron chi connectivity index (χ2n) is 6.70. The Labute approximate surface area is 160 Å². The third-order valence-electron chi connectivity index (χ3n) is 4.67. The van der Waals surface area contributed by atoms with E-state index in [1.165, 1.54) is 5.56 Å². The fourth-order valence-corrected chi connectivity index (χ4v) is 3.17. The number of nitrogens with zero attached hydrogens (tertiary/aromatic N) is 3. The largest absolute Gasteiger partial charge is 0.379 e. The topological polar surface area (TPSA) is 71.4 Å². The van der Waals surface area contributed by atoms with Crippen LogP contribution in [0.15, 0.2) is 42.7 Å². The highest BCUT2D eigenvalue weighted by Gasteiger charge is 2.09. The molecule has 2 N–H and O–H groups in total. The van der Waals surface area contributed by atoms with E-state index >= 15 is 0 Å². The first-order valence-corrected chi connectivity index (χ1v) is 9.67. The van der Waals surface area contributed by atoms with Gasteiger partial charge in [0, 0.05) is 51.5 Å². The predicted octanol–water partition coefficient (Wildman–Crippen LogP) is 1.50. The predicted molar refractivity (Wildman–Crippen MR) is 105 cm³/mol. The summed E-state index contributed by atoms with van der Waals surface area (Å²) in [5.74, 6) is 0.978. The SMILES string of the molecule is O=C(NCCCN1CCOCC1)NCCc1nccn1Cc1ccccc1. The molecule has 2 aromatic rings. The average molecular weight is 371 g/mol. The van der Waals surface area contributed by atoms with Crippen LogP contribution in [-0.4, -0.2) is 66.4 Å². The number of carbonyl (C=O) groups excluding carboxylic acids is 1. The van der Waals surface area contributed by atoms with E-state index in [9.17, 15) is 4.79 Å². The number of hydrogen-bond donors (Lipinski definition) is 2. The van der Waals surface area contributed by atoms with Crippen molar-refractivity contribution in [3.05, 3.63) is 54.1 Å². The van der Waals surface area contributed by atoms with Crippen molar-refractivity contribution >= 4 is 6.03 Å². The van der Waals surface area contributed by atoms with E-state index in [2.05, 4.69) is 37.2 Å². The van der Waals surface area contributed by atoms with E-state index < -0.39 is 0 Å². The van der Waals surface area contributed by atoms with Gasteiger partial charge in [-0.25, -0.2) is 9.78 Å². The quantitative estimate of drug-likeness (QED) is 0.655. The van der Waals surface area contributed by atoms with Crippen molar-refractivity contribution in [2.75, 3.05) is 45.9 Å². The van der Waals surface area contributed by atoms with Crippen LogP contribution in [-0.2, 0) is 17.7 Å². The van der Waals surface area contributed by atoms with Crippen molar-refractivity contribution < 1.29 is 9.53 Å². The zero-order valence-corrected chi connectivity index (χ0v) is 15.8. The zero-order valence-electron chi connectivity index (χ0n) is 15.8. The molecule has 3 rings (SSSR count). The number of imidazole rings is 1. The third kappa shape index (κ3) is 6.69. The first-order valence-electron chi connectivity index (χ1n) is 9.67. The summed E-state index contributed by atoms with van der Waals surface area (Å²) in [6.45, 7) is 6.66. The molecule has 1 aromatic heterocycles. The molecule has 0 unspecified atom stereocenters. The molecule has 0 atom stereocenters. The van der Waals surface area contributed by atoms with Gasteiger partial charge >= 0.3 is 6.03 Å². The number of urea groups is 1. The van der Waals surface area contributed by atoms with Gasteiger partial charge in [-0.3, -0.25) is 4.90 Å². The Morgan fingerprint density at radius 3 is 2.70 bits per heavy atom. The number of morpholine rings is 1. The van der Waals surface area contributed by atoms with E-state index in [0.29, 0.717) is 19.5 Å². The lowest BCUT2D eigenvalue weighted by Crippen LogP contribution is -2.40. The summed E-state index contributed by atoms with van der Waals surface area (Å²) in [5, 5.41) is 5.84. The van der Waals surface area contributed by atoms with Crippen molar-refractivity contribution in [3.63, 3.8) is 0 Å². The van der Waals surface area contributed by atoms with Gasteiger partial charge in [-0.2, -0.15) is 0 Å². The van der Waals surface area contributed by atoms with Gasteiger partial charge in [-0.15, -0.1) is 0 Å². The van der Waals surface area contributed by atoms with Gasteiger partial charge in [0.05, 0.1) is 13.2 Å². The van der Waals surface area contributed by atoms with Gasteiger partial charge in [0.2, 0.25) is 0 Å². The van der Waals surface area contributed by atoms with Crippen LogP contribution >= 0.6 is 0 Å². The first kappa shape index (κ1) is 19.4. The van der Waals surface area contributed by atoms with E-state index in [4.69, 9.17) is 4.74 Å². The van der Waals surface area contributed by atoms with Gasteiger partial charge in [-0.1, -0.05) is 30.3 Å². The Hall–Kier alpha value is -2.38. The number of rotatable bonds is 9. The average Bonchev–Trinajstić information content (AvgIpc) is 3.14. The molecule has 1 aliphatic rings. The number of carbonyl (C=O) groups is 1. The molecular weight excluding hydrogens is 342 g/mol. The number of aromatic nitrogens is 2. The van der Waals surface area contributed by atoms with E-state index in [0.717, 1.165) is 51.6 Å². The van der Waals surface area contributed by atoms with Crippen molar-refractivity contribution in [1.29, 1.82) is 0 Å². The molecule has 27 heavy (non-hydrogen) atoms. The Morgan fingerprint density at radius 2 is 1.89 bits per heavy atom. The van der Waals surface area contributed by atoms with Crippen LogP contribution in [0.5, 0.6) is 0 Å². The number of benzene rings is 1. The fourth-order valence-electron chi connectivity index (χ4n) is 3.17. The molecule has 1 fully saturated rings. The molecule has 0 aliphatic carbocycles. The summed E-state index contributed by atoms with van der Waals surface area (Å²) >= 11 is 0. The number of amides is 2. The van der Waals surface area contributed by atoms with E-state index in [-0.39, 0.29) is 6.03 Å². The van der Waals surface area contributed by atoms with Crippen molar-refractivity contribution in [1.82, 2.24) is 25.1 Å². The van der Waals surface area contributed by atoms with Crippen LogP contribution in [0.25, 0.3) is 0 Å². The van der Waals surface area contributed by atoms with Gasteiger partial charge in [0.1, 0.15) is 5.82 Å². The molecule has 1 saturated heterocycles. The summed E-state index contributed by atoms with van der Waals surface area (Å²) in [7, 11) is 0. The van der Waals surface area contributed by atoms with Crippen LogP contribution in [0.4, 0.5) is 4.79 Å². The van der Waals surface area contributed by atoms with E-state index in [1.807, 2.05) is 30.6 Å². The van der Waals surface area contributed by atoms with Crippen LogP contribution < -0.4 is 10.6 Å². The number of hydrogen-bond acceptors (Lipinski definition) is 4. The summed E-state index contributed by atoms with van der Waals surface area (Å²) in [6, 6.07) is 10.2. The first-order chi connectivity index (χ1) is 13.3. The third-order valence-corrected chi connectivity index (χ3v) is 4.67. The highest BCUT2D eigenvalue weighted by Crippen LogP contribution is 2.05. The van der Waals surface area contributed by atoms with Crippen LogP contribution in [0, 0.1) is 0 Å². The molecule has 7 heteroatoms. The lowest BCUT2D eigenvalue weighted by molar-refractivity contribution is 0.0375. The smallest absolute Gasteiger partial charge is 0.314 e. The molecule has 2 heterocycles.